The van der Waals surface area contributed by atoms with Crippen LogP contribution in [0.3, 0.4) is 0 Å². The van der Waals surface area contributed by atoms with E-state index in [1.54, 1.807) is 12.1 Å². The maximum Gasteiger partial charge on any atom is 0.260 e. The first kappa shape index (κ1) is 11.2. The minimum absolute atomic E-state index is 0.0889. The molecule has 1 aromatic rings. The monoisotopic (exact) mass is 255 g/mol. The van der Waals surface area contributed by atoms with Crippen LogP contribution in [0.5, 0.6) is 0 Å². The summed E-state index contributed by atoms with van der Waals surface area (Å²) in [6, 6.07) is 9.16. The summed E-state index contributed by atoms with van der Waals surface area (Å²) in [5, 5.41) is 0. The molecule has 4 rings (SSSR count). The summed E-state index contributed by atoms with van der Waals surface area (Å²) in [5.74, 6) is 1.80. The number of nitrogens with zero attached hydrogens (tertiary/aromatic N) is 1. The van der Waals surface area contributed by atoms with E-state index in [4.69, 9.17) is 0 Å². The largest absolute Gasteiger partial charge is 0.278 e. The van der Waals surface area contributed by atoms with Gasteiger partial charge >= 0.3 is 0 Å². The van der Waals surface area contributed by atoms with Crippen molar-refractivity contribution in [1.82, 2.24) is 4.90 Å². The summed E-state index contributed by atoms with van der Waals surface area (Å²) in [4.78, 5) is 26.4. The van der Waals surface area contributed by atoms with E-state index in [2.05, 4.69) is 0 Å². The standard InChI is InChI=1S/C16H17NO2/c18-15(10-4-2-1-3-5-10)17-9-13-11-6-7-12(8-11)14(13)16(17)19/h1-5,11-14H,6-9H2. The lowest BCUT2D eigenvalue weighted by Gasteiger charge is -2.20. The second-order valence-corrected chi connectivity index (χ2v) is 6.14. The maximum absolute atomic E-state index is 12.5. The molecule has 1 aromatic carbocycles. The number of imide groups is 1. The molecule has 0 N–H and O–H groups in total. The van der Waals surface area contributed by atoms with Gasteiger partial charge in [-0.3, -0.25) is 14.5 Å². The number of benzene rings is 1. The molecule has 2 bridgehead atoms. The number of likely N-dealkylation sites (tertiary alicyclic amines) is 1. The molecular weight excluding hydrogens is 238 g/mol. The molecule has 4 atom stereocenters. The van der Waals surface area contributed by atoms with Crippen molar-refractivity contribution in [1.29, 1.82) is 0 Å². The van der Waals surface area contributed by atoms with E-state index in [-0.39, 0.29) is 17.7 Å². The van der Waals surface area contributed by atoms with E-state index in [9.17, 15) is 9.59 Å². The fourth-order valence-electron chi connectivity index (χ4n) is 4.46. The van der Waals surface area contributed by atoms with Gasteiger partial charge in [0.2, 0.25) is 5.91 Å². The van der Waals surface area contributed by atoms with Crippen LogP contribution < -0.4 is 0 Å². The number of rotatable bonds is 1. The molecule has 0 radical (unpaired) electrons. The number of carbonyl (C=O) groups is 2. The van der Waals surface area contributed by atoms with Gasteiger partial charge in [-0.2, -0.15) is 0 Å². The van der Waals surface area contributed by atoms with Crippen molar-refractivity contribution in [3.05, 3.63) is 35.9 Å². The minimum atomic E-state index is -0.112. The van der Waals surface area contributed by atoms with E-state index in [0.717, 1.165) is 0 Å². The van der Waals surface area contributed by atoms with Gasteiger partial charge < -0.3 is 0 Å². The molecule has 2 saturated carbocycles. The average Bonchev–Trinajstić information content (AvgIpc) is 3.12. The molecule has 19 heavy (non-hydrogen) atoms. The molecule has 4 unspecified atom stereocenters. The lowest BCUT2D eigenvalue weighted by molar-refractivity contribution is -0.130. The summed E-state index contributed by atoms with van der Waals surface area (Å²) in [7, 11) is 0. The number of amides is 2. The van der Waals surface area contributed by atoms with Gasteiger partial charge in [0.1, 0.15) is 0 Å². The molecule has 0 spiro atoms. The third-order valence-electron chi connectivity index (χ3n) is 5.30. The highest BCUT2D eigenvalue weighted by atomic mass is 16.2. The summed E-state index contributed by atoms with van der Waals surface area (Å²) < 4.78 is 0. The number of fused-ring (bicyclic) bond motifs is 5. The molecule has 1 heterocycles. The molecular formula is C16H17NO2. The van der Waals surface area contributed by atoms with Gasteiger partial charge in [-0.05, 0) is 49.1 Å². The first-order valence-corrected chi connectivity index (χ1v) is 7.16. The highest BCUT2D eigenvalue weighted by molar-refractivity contribution is 6.06. The highest BCUT2D eigenvalue weighted by Gasteiger charge is 2.57. The second-order valence-electron chi connectivity index (χ2n) is 6.14. The van der Waals surface area contributed by atoms with E-state index < -0.39 is 0 Å². The van der Waals surface area contributed by atoms with Gasteiger partial charge in [-0.15, -0.1) is 0 Å². The fraction of sp³-hybridized carbons (Fsp3) is 0.500. The lowest BCUT2D eigenvalue weighted by atomic mass is 9.81. The normalized spacial score (nSPS) is 35.8. The van der Waals surface area contributed by atoms with E-state index in [1.807, 2.05) is 18.2 Å². The summed E-state index contributed by atoms with van der Waals surface area (Å²) >= 11 is 0. The van der Waals surface area contributed by atoms with Gasteiger partial charge in [0.15, 0.2) is 0 Å². The molecule has 98 valence electrons. The Bertz CT molecular complexity index is 539. The molecule has 2 aliphatic carbocycles. The topological polar surface area (TPSA) is 37.4 Å². The van der Waals surface area contributed by atoms with Crippen LogP contribution in [0.25, 0.3) is 0 Å². The van der Waals surface area contributed by atoms with Crippen molar-refractivity contribution in [2.45, 2.75) is 19.3 Å². The quantitative estimate of drug-likeness (QED) is 0.722. The Kier molecular flexibility index (Phi) is 2.32. The van der Waals surface area contributed by atoms with Crippen molar-refractivity contribution in [2.24, 2.45) is 23.7 Å². The SMILES string of the molecule is O=C(c1ccccc1)N1CC2C3CCC(C3)C2C1=O. The molecule has 3 fully saturated rings. The predicted octanol–water partition coefficient (Wildman–Crippen LogP) is 2.33. The molecule has 3 aliphatic rings. The van der Waals surface area contributed by atoms with Crippen molar-refractivity contribution in [2.75, 3.05) is 6.54 Å². The van der Waals surface area contributed by atoms with Crippen molar-refractivity contribution < 1.29 is 9.59 Å². The summed E-state index contributed by atoms with van der Waals surface area (Å²) in [5.41, 5.74) is 0.628. The molecule has 3 nitrogen and oxygen atoms in total. The zero-order valence-electron chi connectivity index (χ0n) is 10.8. The predicted molar refractivity (Wildman–Crippen MR) is 70.3 cm³/mol. The number of hydrogen-bond acceptors (Lipinski definition) is 2. The summed E-state index contributed by atoms with van der Waals surface area (Å²) in [6.07, 6.45) is 3.66. The molecule has 0 aromatic heterocycles. The van der Waals surface area contributed by atoms with Gasteiger partial charge in [0.25, 0.3) is 5.91 Å². The zero-order chi connectivity index (χ0) is 13.0. The Labute approximate surface area is 112 Å². The van der Waals surface area contributed by atoms with Gasteiger partial charge in [-0.25, -0.2) is 0 Å². The van der Waals surface area contributed by atoms with Gasteiger partial charge in [-0.1, -0.05) is 18.2 Å². The molecule has 1 saturated heterocycles. The van der Waals surface area contributed by atoms with Crippen molar-refractivity contribution >= 4 is 11.8 Å². The van der Waals surface area contributed by atoms with Crippen LogP contribution in [0, 0.1) is 23.7 Å². The smallest absolute Gasteiger partial charge is 0.260 e. The Hall–Kier alpha value is -1.64. The minimum Gasteiger partial charge on any atom is -0.278 e. The van der Waals surface area contributed by atoms with Crippen LogP contribution in [-0.2, 0) is 4.79 Å². The lowest BCUT2D eigenvalue weighted by Crippen LogP contribution is -2.35. The first-order valence-electron chi connectivity index (χ1n) is 7.16. The van der Waals surface area contributed by atoms with E-state index in [0.29, 0.717) is 29.9 Å². The average molecular weight is 255 g/mol. The Morgan fingerprint density at radius 1 is 1.11 bits per heavy atom. The third kappa shape index (κ3) is 1.50. The van der Waals surface area contributed by atoms with Gasteiger partial charge in [0, 0.05) is 18.0 Å². The number of carbonyl (C=O) groups excluding carboxylic acids is 2. The molecule has 1 aliphatic heterocycles. The van der Waals surface area contributed by atoms with Crippen LogP contribution in [0.4, 0.5) is 0 Å². The van der Waals surface area contributed by atoms with Crippen LogP contribution in [0.1, 0.15) is 29.6 Å². The Balaban J connectivity index is 1.61. The summed E-state index contributed by atoms with van der Waals surface area (Å²) in [6.45, 7) is 0.651. The van der Waals surface area contributed by atoms with Crippen LogP contribution in [0.15, 0.2) is 30.3 Å². The fourth-order valence-corrected chi connectivity index (χ4v) is 4.46. The van der Waals surface area contributed by atoms with Crippen molar-refractivity contribution in [3.63, 3.8) is 0 Å². The molecule has 3 heteroatoms. The van der Waals surface area contributed by atoms with Crippen LogP contribution in [0.2, 0.25) is 0 Å². The van der Waals surface area contributed by atoms with Crippen LogP contribution in [-0.4, -0.2) is 23.3 Å². The highest BCUT2D eigenvalue weighted by Crippen LogP contribution is 2.55. The Morgan fingerprint density at radius 3 is 2.58 bits per heavy atom. The number of hydrogen-bond donors (Lipinski definition) is 0. The Morgan fingerprint density at radius 2 is 1.84 bits per heavy atom. The van der Waals surface area contributed by atoms with E-state index >= 15 is 0 Å². The van der Waals surface area contributed by atoms with E-state index in [1.165, 1.54) is 24.2 Å². The maximum atomic E-state index is 12.5. The zero-order valence-corrected chi connectivity index (χ0v) is 10.8. The van der Waals surface area contributed by atoms with Crippen LogP contribution >= 0.6 is 0 Å². The van der Waals surface area contributed by atoms with Gasteiger partial charge in [0.05, 0.1) is 0 Å². The van der Waals surface area contributed by atoms with Crippen molar-refractivity contribution in [3.8, 4) is 0 Å². The third-order valence-corrected chi connectivity index (χ3v) is 5.30. The second kappa shape index (κ2) is 3.92. The molecule has 2 amide bonds. The first-order chi connectivity index (χ1) is 9.25.